The van der Waals surface area contributed by atoms with Crippen LogP contribution in [0.1, 0.15) is 65.1 Å². The average molecular weight is 743 g/mol. The SMILES string of the molecule is Cc1ccc2cc(C(=O)NC3(C(=O)N[C@@H](CCCN4CCN(Cc5nnn(C)n5)CC4)Cc4ccccc4)CCCC3)sc2c1.O=C(O)C(F)(F)F. The zero-order valence-electron chi connectivity index (χ0n) is 29.4. The van der Waals surface area contributed by atoms with Gasteiger partial charge in [0.2, 0.25) is 5.91 Å². The molecule has 1 aliphatic carbocycles. The van der Waals surface area contributed by atoms with Gasteiger partial charge >= 0.3 is 12.1 Å². The molecule has 52 heavy (non-hydrogen) atoms. The lowest BCUT2D eigenvalue weighted by Crippen LogP contribution is -2.59. The van der Waals surface area contributed by atoms with E-state index in [9.17, 15) is 22.8 Å². The minimum absolute atomic E-state index is 0.00871. The first-order valence-corrected chi connectivity index (χ1v) is 18.3. The number of carboxylic acids is 1. The number of aryl methyl sites for hydroxylation is 2. The third-order valence-corrected chi connectivity index (χ3v) is 10.5. The molecule has 2 aromatic heterocycles. The molecule has 3 heterocycles. The molecule has 2 aliphatic rings. The second-order valence-electron chi connectivity index (χ2n) is 13.5. The van der Waals surface area contributed by atoms with Gasteiger partial charge in [0.15, 0.2) is 5.82 Å². The number of nitrogens with zero attached hydrogens (tertiary/aromatic N) is 6. The molecule has 16 heteroatoms. The van der Waals surface area contributed by atoms with Gasteiger partial charge in [-0.15, -0.1) is 21.5 Å². The number of carboxylic acid groups (broad SMARTS) is 1. The summed E-state index contributed by atoms with van der Waals surface area (Å²) in [7, 11) is 1.79. The van der Waals surface area contributed by atoms with Gasteiger partial charge in [-0.05, 0) is 79.4 Å². The number of fused-ring (bicyclic) bond motifs is 1. The van der Waals surface area contributed by atoms with E-state index < -0.39 is 17.7 Å². The van der Waals surface area contributed by atoms with Crippen molar-refractivity contribution in [2.75, 3.05) is 32.7 Å². The summed E-state index contributed by atoms with van der Waals surface area (Å²) in [5.74, 6) is -2.19. The number of halogens is 3. The lowest BCUT2D eigenvalue weighted by atomic mass is 9.94. The normalized spacial score (nSPS) is 16.9. The first kappa shape index (κ1) is 38.8. The van der Waals surface area contributed by atoms with E-state index in [4.69, 9.17) is 9.90 Å². The van der Waals surface area contributed by atoms with E-state index in [1.54, 1.807) is 7.05 Å². The number of aromatic nitrogens is 4. The number of nitrogens with one attached hydrogen (secondary N) is 2. The maximum atomic E-state index is 14.0. The van der Waals surface area contributed by atoms with Crippen molar-refractivity contribution >= 4 is 39.2 Å². The second-order valence-corrected chi connectivity index (χ2v) is 14.6. The molecule has 2 fully saturated rings. The molecule has 2 aromatic carbocycles. The Morgan fingerprint density at radius 2 is 1.67 bits per heavy atom. The van der Waals surface area contributed by atoms with Crippen molar-refractivity contribution in [1.82, 2.24) is 40.6 Å². The van der Waals surface area contributed by atoms with Crippen LogP contribution in [0.5, 0.6) is 0 Å². The van der Waals surface area contributed by atoms with Crippen molar-refractivity contribution in [3.63, 3.8) is 0 Å². The number of piperazine rings is 1. The Kier molecular flexibility index (Phi) is 13.0. The third kappa shape index (κ3) is 10.8. The summed E-state index contributed by atoms with van der Waals surface area (Å²) in [4.78, 5) is 43.5. The molecule has 1 saturated carbocycles. The van der Waals surface area contributed by atoms with Gasteiger partial charge < -0.3 is 20.6 Å². The Balaban J connectivity index is 0.000000679. The molecular formula is C36H45F3N8O4S. The Bertz CT molecular complexity index is 1800. The lowest BCUT2D eigenvalue weighted by molar-refractivity contribution is -0.192. The number of benzene rings is 2. The predicted octanol–water partition coefficient (Wildman–Crippen LogP) is 4.73. The van der Waals surface area contributed by atoms with Crippen LogP contribution in [-0.4, -0.2) is 103 Å². The Morgan fingerprint density at radius 3 is 2.31 bits per heavy atom. The topological polar surface area (TPSA) is 146 Å². The summed E-state index contributed by atoms with van der Waals surface area (Å²) < 4.78 is 32.8. The molecule has 1 atom stereocenters. The molecule has 0 spiro atoms. The van der Waals surface area contributed by atoms with E-state index in [0.29, 0.717) is 17.7 Å². The van der Waals surface area contributed by atoms with Crippen molar-refractivity contribution in [2.24, 2.45) is 7.05 Å². The van der Waals surface area contributed by atoms with Gasteiger partial charge in [0, 0.05) is 36.9 Å². The summed E-state index contributed by atoms with van der Waals surface area (Å²) in [6, 6.07) is 18.5. The van der Waals surface area contributed by atoms with Crippen molar-refractivity contribution < 1.29 is 32.7 Å². The Hall–Kier alpha value is -4.41. The summed E-state index contributed by atoms with van der Waals surface area (Å²) in [5, 5.41) is 27.2. The number of carbonyl (C=O) groups excluding carboxylic acids is 2. The van der Waals surface area contributed by atoms with Crippen molar-refractivity contribution in [3.05, 3.63) is 76.4 Å². The zero-order valence-corrected chi connectivity index (χ0v) is 30.2. The second kappa shape index (κ2) is 17.4. The van der Waals surface area contributed by atoms with E-state index in [1.807, 2.05) is 12.1 Å². The molecule has 0 bridgehead atoms. The summed E-state index contributed by atoms with van der Waals surface area (Å²) in [6.07, 6.45) is 0.754. The molecule has 0 radical (unpaired) electrons. The van der Waals surface area contributed by atoms with Gasteiger partial charge in [-0.2, -0.15) is 18.0 Å². The monoisotopic (exact) mass is 742 g/mol. The maximum Gasteiger partial charge on any atom is 0.490 e. The van der Waals surface area contributed by atoms with Crippen LogP contribution in [0.2, 0.25) is 0 Å². The molecule has 6 rings (SSSR count). The highest BCUT2D eigenvalue weighted by atomic mass is 32.1. The number of alkyl halides is 3. The van der Waals surface area contributed by atoms with Crippen LogP contribution in [0, 0.1) is 6.92 Å². The molecule has 3 N–H and O–H groups in total. The lowest BCUT2D eigenvalue weighted by Gasteiger charge is -2.34. The van der Waals surface area contributed by atoms with E-state index in [-0.39, 0.29) is 17.9 Å². The van der Waals surface area contributed by atoms with Crippen LogP contribution < -0.4 is 10.6 Å². The summed E-state index contributed by atoms with van der Waals surface area (Å²) in [6.45, 7) is 7.74. The van der Waals surface area contributed by atoms with Crippen LogP contribution in [0.15, 0.2) is 54.6 Å². The Morgan fingerprint density at radius 1 is 1.00 bits per heavy atom. The fraction of sp³-hybridized carbons (Fsp3) is 0.500. The van der Waals surface area contributed by atoms with E-state index >= 15 is 0 Å². The first-order chi connectivity index (χ1) is 24.8. The zero-order chi connectivity index (χ0) is 37.3. The van der Waals surface area contributed by atoms with Gasteiger partial charge in [0.25, 0.3) is 5.91 Å². The van der Waals surface area contributed by atoms with Gasteiger partial charge in [0.1, 0.15) is 5.54 Å². The molecule has 1 saturated heterocycles. The number of hydrogen-bond acceptors (Lipinski definition) is 9. The quantitative estimate of drug-likeness (QED) is 0.188. The summed E-state index contributed by atoms with van der Waals surface area (Å²) >= 11 is 1.49. The molecular weight excluding hydrogens is 698 g/mol. The third-order valence-electron chi connectivity index (χ3n) is 9.45. The number of tetrazole rings is 1. The van der Waals surface area contributed by atoms with E-state index in [0.717, 1.165) is 87.3 Å². The van der Waals surface area contributed by atoms with E-state index in [2.05, 4.69) is 85.2 Å². The molecule has 2 amide bonds. The molecule has 12 nitrogen and oxygen atoms in total. The highest BCUT2D eigenvalue weighted by Gasteiger charge is 2.43. The molecule has 4 aromatic rings. The fourth-order valence-corrected chi connectivity index (χ4v) is 7.74. The fourth-order valence-electron chi connectivity index (χ4n) is 6.68. The van der Waals surface area contributed by atoms with E-state index in [1.165, 1.54) is 27.3 Å². The summed E-state index contributed by atoms with van der Waals surface area (Å²) in [5.41, 5.74) is 1.51. The van der Waals surface area contributed by atoms with Crippen molar-refractivity contribution in [3.8, 4) is 0 Å². The highest BCUT2D eigenvalue weighted by molar-refractivity contribution is 7.20. The van der Waals surface area contributed by atoms with Crippen LogP contribution in [0.25, 0.3) is 10.1 Å². The number of carbonyl (C=O) groups is 3. The largest absolute Gasteiger partial charge is 0.490 e. The van der Waals surface area contributed by atoms with Crippen LogP contribution in [0.4, 0.5) is 13.2 Å². The minimum atomic E-state index is -5.08. The molecule has 1 aliphatic heterocycles. The van der Waals surface area contributed by atoms with Gasteiger partial charge in [0.05, 0.1) is 18.5 Å². The van der Waals surface area contributed by atoms with Crippen LogP contribution in [-0.2, 0) is 29.6 Å². The first-order valence-electron chi connectivity index (χ1n) is 17.4. The minimum Gasteiger partial charge on any atom is -0.475 e. The average Bonchev–Trinajstić information content (AvgIpc) is 3.86. The molecule has 0 unspecified atom stereocenters. The van der Waals surface area contributed by atoms with Gasteiger partial charge in [-0.1, -0.05) is 55.3 Å². The predicted molar refractivity (Wildman–Crippen MR) is 191 cm³/mol. The number of amides is 2. The standard InChI is InChI=1S/C34H44N8O2S.C2HF3O2/c1-25-12-13-27-23-30(45-29(27)21-25)32(43)36-34(14-6-7-15-34)33(44)35-28(22-26-9-4-3-5-10-26)11-8-16-41-17-19-42(20-18-41)24-31-37-39-40(2)38-31;3-2(4,5)1(6)7/h3-5,9-10,12-13,21,23,28H,6-8,11,14-20,22,24H2,1-2H3,(H,35,44)(H,36,43);(H,6,7)/t28-;/m0./s1. The smallest absolute Gasteiger partial charge is 0.475 e. The maximum absolute atomic E-state index is 14.0. The highest BCUT2D eigenvalue weighted by Crippen LogP contribution is 2.32. The van der Waals surface area contributed by atoms with Crippen LogP contribution >= 0.6 is 11.3 Å². The van der Waals surface area contributed by atoms with Gasteiger partial charge in [-0.3, -0.25) is 14.5 Å². The number of thiophene rings is 1. The van der Waals surface area contributed by atoms with Crippen molar-refractivity contribution in [2.45, 2.75) is 76.2 Å². The van der Waals surface area contributed by atoms with Gasteiger partial charge in [-0.25, -0.2) is 4.79 Å². The van der Waals surface area contributed by atoms with Crippen molar-refractivity contribution in [1.29, 1.82) is 0 Å². The molecule has 280 valence electrons. The van der Waals surface area contributed by atoms with Crippen LogP contribution in [0.3, 0.4) is 0 Å². The number of rotatable bonds is 12. The number of hydrogen-bond donors (Lipinski definition) is 3. The Labute approximate surface area is 304 Å². The number of aliphatic carboxylic acids is 1.